The second-order valence-electron chi connectivity index (χ2n) is 17.4. The van der Waals surface area contributed by atoms with Crippen molar-refractivity contribution in [2.45, 2.75) is 121 Å². The molecule has 2 aliphatic heterocycles. The Kier molecular flexibility index (Phi) is 10.2. The smallest absolute Gasteiger partial charge is 0.418 e. The van der Waals surface area contributed by atoms with Gasteiger partial charge in [-0.2, -0.15) is 0 Å². The van der Waals surface area contributed by atoms with Crippen LogP contribution in [0.1, 0.15) is 83.3 Å². The third-order valence-electron chi connectivity index (χ3n) is 13.4. The van der Waals surface area contributed by atoms with Crippen molar-refractivity contribution in [2.75, 3.05) is 6.61 Å². The molecule has 0 radical (unpaired) electrons. The summed E-state index contributed by atoms with van der Waals surface area (Å²) >= 11 is 0. The second-order valence-corrected chi connectivity index (χ2v) is 17.4. The average Bonchev–Trinajstić information content (AvgIpc) is 3.38. The van der Waals surface area contributed by atoms with E-state index in [-0.39, 0.29) is 35.3 Å². The van der Waals surface area contributed by atoms with Gasteiger partial charge in [0.05, 0.1) is 29.6 Å². The number of fused-ring (bicyclic) bond motifs is 5. The number of imide groups is 1. The van der Waals surface area contributed by atoms with Gasteiger partial charge in [-0.1, -0.05) is 62.4 Å². The number of rotatable bonds is 8. The molecule has 316 valence electrons. The number of Topliss-reactive ketones (excluding diaryl/α,β-unsaturated/α-hetero) is 1. The highest BCUT2D eigenvalue weighted by atomic mass is 16.6. The van der Waals surface area contributed by atoms with Gasteiger partial charge < -0.3 is 44.1 Å². The van der Waals surface area contributed by atoms with E-state index in [1.807, 2.05) is 0 Å². The Morgan fingerprint density at radius 3 is 2.07 bits per heavy atom. The zero-order valence-corrected chi connectivity index (χ0v) is 33.7. The molecule has 4 fully saturated rings. The fraction of sp³-hybridized carbons (Fsp3) is 0.535. The van der Waals surface area contributed by atoms with E-state index in [4.69, 9.17) is 23.7 Å². The lowest BCUT2D eigenvalue weighted by Crippen LogP contribution is -2.81. The van der Waals surface area contributed by atoms with Gasteiger partial charge in [-0.3, -0.25) is 14.4 Å². The Hall–Kier alpha value is -5.00. The summed E-state index contributed by atoms with van der Waals surface area (Å²) in [6.07, 6.45) is -12.1. The summed E-state index contributed by atoms with van der Waals surface area (Å²) in [7, 11) is 0. The molecule has 2 heterocycles. The molecular formula is C43H49NO15. The number of hydrogen-bond acceptors (Lipinski definition) is 15. The van der Waals surface area contributed by atoms with E-state index >= 15 is 0 Å². The first-order chi connectivity index (χ1) is 27.5. The SMILES string of the molecule is CC(=O)O[C@@]12CO[C@@H]1C[C@H](O)[C@@]1(C)C(=O)[C@H](O)C3=C(C)[C@@H](OC(=O)[C@H](O)[C@H](c4ccccc4)N4C(=O)OC(C)(C)C4=O)C[C@@](O)([C@@H](OC(=O)c4ccccc4)[C@H]21)C3(C)C. The first-order valence-electron chi connectivity index (χ1n) is 19.5. The van der Waals surface area contributed by atoms with Crippen LogP contribution in [-0.4, -0.2) is 121 Å². The number of esters is 3. The van der Waals surface area contributed by atoms with Crippen molar-refractivity contribution in [1.29, 1.82) is 0 Å². The summed E-state index contributed by atoms with van der Waals surface area (Å²) in [6.45, 7) is 9.42. The minimum Gasteiger partial charge on any atom is -0.456 e. The average molecular weight is 820 g/mol. The molecule has 4 N–H and O–H groups in total. The van der Waals surface area contributed by atoms with Crippen LogP contribution in [0.3, 0.4) is 0 Å². The zero-order chi connectivity index (χ0) is 43.2. The summed E-state index contributed by atoms with van der Waals surface area (Å²) in [5.41, 5.74) is -9.27. The molecule has 2 bridgehead atoms. The first kappa shape index (κ1) is 42.1. The van der Waals surface area contributed by atoms with Crippen LogP contribution in [0.2, 0.25) is 0 Å². The Bertz CT molecular complexity index is 2120. The monoisotopic (exact) mass is 819 g/mol. The van der Waals surface area contributed by atoms with E-state index in [1.54, 1.807) is 36.4 Å². The van der Waals surface area contributed by atoms with Gasteiger partial charge in [0.15, 0.2) is 23.1 Å². The van der Waals surface area contributed by atoms with Crippen LogP contribution in [0.5, 0.6) is 0 Å². The molecule has 2 aromatic carbocycles. The fourth-order valence-electron chi connectivity index (χ4n) is 10.2. The Labute approximate surface area is 340 Å². The number of carbonyl (C=O) groups is 6. The number of hydrogen-bond donors (Lipinski definition) is 4. The van der Waals surface area contributed by atoms with Gasteiger partial charge in [-0.25, -0.2) is 19.3 Å². The number of nitrogens with zero attached hydrogens (tertiary/aromatic N) is 1. The lowest BCUT2D eigenvalue weighted by Gasteiger charge is -2.67. The molecule has 2 amide bonds. The number of aliphatic hydroxyl groups is 4. The van der Waals surface area contributed by atoms with Crippen molar-refractivity contribution in [3.8, 4) is 0 Å². The lowest BCUT2D eigenvalue weighted by atomic mass is 9.44. The number of ketones is 1. The molecule has 11 atom stereocenters. The highest BCUT2D eigenvalue weighted by Crippen LogP contribution is 2.64. The van der Waals surface area contributed by atoms with Crippen molar-refractivity contribution in [1.82, 2.24) is 4.90 Å². The molecule has 2 saturated heterocycles. The van der Waals surface area contributed by atoms with E-state index < -0.39 is 118 Å². The Balaban J connectivity index is 1.37. The van der Waals surface area contributed by atoms with Gasteiger partial charge >= 0.3 is 24.0 Å². The minimum absolute atomic E-state index is 0.0577. The van der Waals surface area contributed by atoms with Crippen molar-refractivity contribution in [2.24, 2.45) is 16.7 Å². The van der Waals surface area contributed by atoms with Crippen molar-refractivity contribution in [3.05, 3.63) is 82.9 Å². The van der Waals surface area contributed by atoms with Crippen LogP contribution >= 0.6 is 0 Å². The molecule has 0 aromatic heterocycles. The van der Waals surface area contributed by atoms with Gasteiger partial charge in [0.1, 0.15) is 36.1 Å². The van der Waals surface area contributed by atoms with Crippen LogP contribution < -0.4 is 0 Å². The van der Waals surface area contributed by atoms with Crippen molar-refractivity contribution in [3.63, 3.8) is 0 Å². The van der Waals surface area contributed by atoms with Crippen molar-refractivity contribution >= 4 is 35.7 Å². The van der Waals surface area contributed by atoms with Gasteiger partial charge in [0.2, 0.25) is 0 Å². The standard InChI is InChI=1S/C43H49NO15/c1-21-25(56-36(51)31(48)29(23-14-10-8-11-15-23)44-37(52)40(5,6)59-38(44)53)19-43(54)34(57-35(50)24-16-12-9-13-17-24)32-41(7,33(49)30(47)28(21)39(43,3)4)26(46)18-27-42(32,20-55-27)58-22(2)45/h8-17,25-27,29-32,34,46-48,54H,18-20H2,1-7H3/t25-,26-,27+,29-,30+,31+,32-,34-,41+,42-,43+/m0/s1. The first-order valence-corrected chi connectivity index (χ1v) is 19.5. The van der Waals surface area contributed by atoms with Gasteiger partial charge in [-0.05, 0) is 56.5 Å². The molecule has 7 rings (SSSR count). The topological polar surface area (TPSA) is 233 Å². The normalized spacial score (nSPS) is 35.4. The molecule has 2 aromatic rings. The maximum Gasteiger partial charge on any atom is 0.418 e. The molecule has 2 saturated carbocycles. The molecule has 5 aliphatic rings. The largest absolute Gasteiger partial charge is 0.456 e. The van der Waals surface area contributed by atoms with Crippen LogP contribution in [0, 0.1) is 16.7 Å². The summed E-state index contributed by atoms with van der Waals surface area (Å²) in [4.78, 5) is 83.4. The van der Waals surface area contributed by atoms with E-state index in [0.717, 1.165) is 6.92 Å². The van der Waals surface area contributed by atoms with Gasteiger partial charge in [0.25, 0.3) is 5.91 Å². The fourth-order valence-corrected chi connectivity index (χ4v) is 10.2. The maximum absolute atomic E-state index is 15.0. The highest BCUT2D eigenvalue weighted by Gasteiger charge is 2.78. The Morgan fingerprint density at radius 1 is 0.915 bits per heavy atom. The molecular weight excluding hydrogens is 770 g/mol. The van der Waals surface area contributed by atoms with Crippen LogP contribution in [0.25, 0.3) is 0 Å². The molecule has 0 spiro atoms. The third-order valence-corrected chi connectivity index (χ3v) is 13.4. The van der Waals surface area contributed by atoms with Crippen molar-refractivity contribution < 1.29 is 72.9 Å². The molecule has 59 heavy (non-hydrogen) atoms. The predicted octanol–water partition coefficient (Wildman–Crippen LogP) is 2.49. The predicted molar refractivity (Wildman–Crippen MR) is 202 cm³/mol. The van der Waals surface area contributed by atoms with Crippen LogP contribution in [-0.2, 0) is 42.9 Å². The van der Waals surface area contributed by atoms with Gasteiger partial charge in [0, 0.05) is 25.2 Å². The number of amides is 2. The quantitative estimate of drug-likeness (QED) is 0.170. The summed E-state index contributed by atoms with van der Waals surface area (Å²) in [6, 6.07) is 13.9. The Morgan fingerprint density at radius 2 is 1.53 bits per heavy atom. The van der Waals surface area contributed by atoms with Gasteiger partial charge in [-0.15, -0.1) is 0 Å². The highest BCUT2D eigenvalue weighted by molar-refractivity contribution is 6.03. The lowest BCUT2D eigenvalue weighted by molar-refractivity contribution is -0.346. The van der Waals surface area contributed by atoms with E-state index in [0.29, 0.717) is 4.90 Å². The molecule has 16 nitrogen and oxygen atoms in total. The second kappa shape index (κ2) is 14.3. The molecule has 0 unspecified atom stereocenters. The van der Waals surface area contributed by atoms with E-state index in [1.165, 1.54) is 65.8 Å². The number of benzene rings is 2. The van der Waals surface area contributed by atoms with Crippen LogP contribution in [0.4, 0.5) is 4.79 Å². The number of carbonyl (C=O) groups excluding carboxylic acids is 6. The minimum atomic E-state index is -2.41. The number of aliphatic hydroxyl groups excluding tert-OH is 3. The summed E-state index contributed by atoms with van der Waals surface area (Å²) in [5, 5.41) is 49.3. The number of ether oxygens (including phenoxy) is 5. The van der Waals surface area contributed by atoms with E-state index in [9.17, 15) is 49.2 Å². The third kappa shape index (κ3) is 6.21. The summed E-state index contributed by atoms with van der Waals surface area (Å²) in [5.74, 6) is -6.42. The maximum atomic E-state index is 15.0. The molecule has 3 aliphatic carbocycles. The van der Waals surface area contributed by atoms with Crippen LogP contribution in [0.15, 0.2) is 71.8 Å². The number of cyclic esters (lactones) is 1. The van der Waals surface area contributed by atoms with E-state index in [2.05, 4.69) is 0 Å². The summed E-state index contributed by atoms with van der Waals surface area (Å²) < 4.78 is 29.4. The molecule has 16 heteroatoms. The zero-order valence-electron chi connectivity index (χ0n) is 33.7.